The highest BCUT2D eigenvalue weighted by Crippen LogP contribution is 2.32. The fraction of sp³-hybridized carbons (Fsp3) is 0.267. The van der Waals surface area contributed by atoms with Gasteiger partial charge in [-0.05, 0) is 53.3 Å². The molecule has 0 spiro atoms. The van der Waals surface area contributed by atoms with Crippen LogP contribution in [-0.2, 0) is 20.8 Å². The molecule has 1 aliphatic heterocycles. The Hall–Kier alpha value is -3.74. The average Bonchev–Trinajstić information content (AvgIpc) is 2.95. The number of pyridine rings is 1. The Bertz CT molecular complexity index is 1350. The second-order valence-electron chi connectivity index (χ2n) is 8.87. The maximum absolute atomic E-state index is 12.3. The molecule has 0 radical (unpaired) electrons. The first kappa shape index (κ1) is 24.0. The lowest BCUT2D eigenvalue weighted by Crippen LogP contribution is -2.25. The molecule has 1 aliphatic rings. The van der Waals surface area contributed by atoms with Crippen LogP contribution in [0.1, 0.15) is 40.6 Å². The van der Waals surface area contributed by atoms with Crippen LogP contribution in [0.3, 0.4) is 0 Å². The minimum atomic E-state index is -0.474. The number of fused-ring (bicyclic) bond motifs is 1. The maximum atomic E-state index is 12.3. The highest BCUT2D eigenvalue weighted by atomic mass is 16.5. The number of rotatable bonds is 7. The lowest BCUT2D eigenvalue weighted by atomic mass is 9.98. The Kier molecular flexibility index (Phi) is 7.26. The predicted octanol–water partition coefficient (Wildman–Crippen LogP) is 6.13. The van der Waals surface area contributed by atoms with Crippen LogP contribution in [0.15, 0.2) is 78.9 Å². The molecule has 0 aliphatic carbocycles. The molecule has 184 valence electrons. The molecular weight excluding hydrogens is 454 g/mol. The van der Waals surface area contributed by atoms with E-state index in [1.54, 1.807) is 13.2 Å². The normalized spacial score (nSPS) is 17.6. The van der Waals surface area contributed by atoms with Crippen molar-refractivity contribution in [3.63, 3.8) is 0 Å². The lowest BCUT2D eigenvalue weighted by Gasteiger charge is -2.29. The van der Waals surface area contributed by atoms with Crippen molar-refractivity contribution in [3.8, 4) is 17.0 Å². The van der Waals surface area contributed by atoms with E-state index < -0.39 is 5.97 Å². The fourth-order valence-electron chi connectivity index (χ4n) is 4.61. The molecule has 36 heavy (non-hydrogen) atoms. The van der Waals surface area contributed by atoms with E-state index in [1.165, 1.54) is 7.11 Å². The Morgan fingerprint density at radius 3 is 2.67 bits per heavy atom. The summed E-state index contributed by atoms with van der Waals surface area (Å²) in [7, 11) is 3.12. The number of ether oxygens (including phenoxy) is 4. The molecule has 1 fully saturated rings. The van der Waals surface area contributed by atoms with E-state index in [9.17, 15) is 4.79 Å². The third kappa shape index (κ3) is 5.25. The van der Waals surface area contributed by atoms with Gasteiger partial charge in [0, 0.05) is 31.1 Å². The number of aromatic nitrogens is 1. The number of carbonyl (C=O) groups excluding carboxylic acids is 1. The number of nitrogens with zero attached hydrogens (tertiary/aromatic N) is 1. The summed E-state index contributed by atoms with van der Waals surface area (Å²) in [6.07, 6.45) is 2.04. The smallest absolute Gasteiger partial charge is 0.356 e. The molecule has 2 unspecified atom stereocenters. The first-order valence-electron chi connectivity index (χ1n) is 12.1. The molecule has 1 saturated heterocycles. The molecule has 1 aromatic heterocycles. The van der Waals surface area contributed by atoms with Gasteiger partial charge in [-0.15, -0.1) is 0 Å². The van der Waals surface area contributed by atoms with E-state index in [2.05, 4.69) is 17.1 Å². The number of carbonyl (C=O) groups is 1. The predicted molar refractivity (Wildman–Crippen MR) is 138 cm³/mol. The molecule has 0 bridgehead atoms. The van der Waals surface area contributed by atoms with E-state index in [4.69, 9.17) is 18.9 Å². The molecule has 0 N–H and O–H groups in total. The SMILES string of the molecule is COC(=O)c1cc2cc(OCc3cccc(C4CC(OC)CCO4)c3)ccc2c(-c2ccccc2)n1. The molecule has 2 atom stereocenters. The number of hydrogen-bond donors (Lipinski definition) is 0. The van der Waals surface area contributed by atoms with Gasteiger partial charge in [0.2, 0.25) is 0 Å². The van der Waals surface area contributed by atoms with Gasteiger partial charge in [0.25, 0.3) is 0 Å². The van der Waals surface area contributed by atoms with Crippen molar-refractivity contribution in [1.29, 1.82) is 0 Å². The summed E-state index contributed by atoms with van der Waals surface area (Å²) >= 11 is 0. The highest BCUT2D eigenvalue weighted by Gasteiger charge is 2.24. The molecule has 3 aromatic carbocycles. The van der Waals surface area contributed by atoms with Gasteiger partial charge >= 0.3 is 5.97 Å². The summed E-state index contributed by atoms with van der Waals surface area (Å²) in [4.78, 5) is 16.9. The molecule has 6 heteroatoms. The lowest BCUT2D eigenvalue weighted by molar-refractivity contribution is -0.0599. The molecule has 6 nitrogen and oxygen atoms in total. The fourth-order valence-corrected chi connectivity index (χ4v) is 4.61. The summed E-state index contributed by atoms with van der Waals surface area (Å²) in [5, 5.41) is 1.79. The van der Waals surface area contributed by atoms with E-state index >= 15 is 0 Å². The highest BCUT2D eigenvalue weighted by molar-refractivity contribution is 6.00. The molecule has 2 heterocycles. The monoisotopic (exact) mass is 483 g/mol. The van der Waals surface area contributed by atoms with Crippen LogP contribution in [0.4, 0.5) is 0 Å². The van der Waals surface area contributed by atoms with Crippen molar-refractivity contribution in [1.82, 2.24) is 4.98 Å². The second kappa shape index (κ2) is 10.9. The van der Waals surface area contributed by atoms with Gasteiger partial charge in [0.15, 0.2) is 0 Å². The van der Waals surface area contributed by atoms with Gasteiger partial charge in [0.05, 0.1) is 25.0 Å². The van der Waals surface area contributed by atoms with Gasteiger partial charge in [0.1, 0.15) is 18.1 Å². The Balaban J connectivity index is 1.39. The second-order valence-corrected chi connectivity index (χ2v) is 8.87. The van der Waals surface area contributed by atoms with Crippen molar-refractivity contribution in [2.24, 2.45) is 0 Å². The van der Waals surface area contributed by atoms with Crippen molar-refractivity contribution in [2.45, 2.75) is 31.7 Å². The van der Waals surface area contributed by atoms with E-state index in [1.807, 2.05) is 60.7 Å². The minimum Gasteiger partial charge on any atom is -0.489 e. The van der Waals surface area contributed by atoms with Gasteiger partial charge in [-0.1, -0.05) is 48.5 Å². The Labute approximate surface area is 210 Å². The van der Waals surface area contributed by atoms with Gasteiger partial charge in [-0.25, -0.2) is 9.78 Å². The quantitative estimate of drug-likeness (QED) is 0.295. The van der Waals surface area contributed by atoms with Crippen LogP contribution in [0.2, 0.25) is 0 Å². The van der Waals surface area contributed by atoms with Gasteiger partial charge < -0.3 is 18.9 Å². The standard InChI is InChI=1S/C30H29NO5/c1-33-24-13-14-35-28(18-24)22-10-6-7-20(15-22)19-36-25-11-12-26-23(16-25)17-27(30(32)34-2)31-29(26)21-8-4-3-5-9-21/h3-12,15-17,24,28H,13-14,18-19H2,1-2H3. The Morgan fingerprint density at radius 1 is 1.00 bits per heavy atom. The van der Waals surface area contributed by atoms with Crippen LogP contribution in [0.5, 0.6) is 5.75 Å². The van der Waals surface area contributed by atoms with Crippen LogP contribution >= 0.6 is 0 Å². The third-order valence-corrected chi connectivity index (χ3v) is 6.54. The average molecular weight is 484 g/mol. The summed E-state index contributed by atoms with van der Waals surface area (Å²) in [6.45, 7) is 1.12. The van der Waals surface area contributed by atoms with Gasteiger partial charge in [-0.3, -0.25) is 0 Å². The molecule has 4 aromatic rings. The van der Waals surface area contributed by atoms with Crippen molar-refractivity contribution >= 4 is 16.7 Å². The molecule has 0 saturated carbocycles. The number of esters is 1. The van der Waals surface area contributed by atoms with Crippen molar-refractivity contribution < 1.29 is 23.7 Å². The first-order chi connectivity index (χ1) is 17.6. The summed E-state index contributed by atoms with van der Waals surface area (Å²) in [5.41, 5.74) is 4.12. The van der Waals surface area contributed by atoms with Crippen LogP contribution in [-0.4, -0.2) is 37.9 Å². The minimum absolute atomic E-state index is 0.0324. The zero-order valence-corrected chi connectivity index (χ0v) is 20.5. The molecular formula is C30H29NO5. The van der Waals surface area contributed by atoms with Crippen LogP contribution < -0.4 is 4.74 Å². The Morgan fingerprint density at radius 2 is 1.86 bits per heavy atom. The zero-order valence-electron chi connectivity index (χ0n) is 20.5. The van der Waals surface area contributed by atoms with E-state index in [-0.39, 0.29) is 17.9 Å². The van der Waals surface area contributed by atoms with Crippen LogP contribution in [0.25, 0.3) is 22.0 Å². The van der Waals surface area contributed by atoms with E-state index in [0.29, 0.717) is 19.0 Å². The number of methoxy groups -OCH3 is 2. The largest absolute Gasteiger partial charge is 0.489 e. The summed E-state index contributed by atoms with van der Waals surface area (Å²) in [6, 6.07) is 25.7. The van der Waals surface area contributed by atoms with Crippen LogP contribution in [0, 0.1) is 0 Å². The molecule has 5 rings (SSSR count). The van der Waals surface area contributed by atoms with Crippen molar-refractivity contribution in [2.75, 3.05) is 20.8 Å². The van der Waals surface area contributed by atoms with Gasteiger partial charge in [-0.2, -0.15) is 0 Å². The third-order valence-electron chi connectivity index (χ3n) is 6.54. The first-order valence-corrected chi connectivity index (χ1v) is 12.1. The van der Waals surface area contributed by atoms with E-state index in [0.717, 1.165) is 46.0 Å². The molecule has 0 amide bonds. The number of benzene rings is 3. The zero-order chi connectivity index (χ0) is 24.9. The summed E-state index contributed by atoms with van der Waals surface area (Å²) in [5.74, 6) is 0.236. The topological polar surface area (TPSA) is 66.9 Å². The van der Waals surface area contributed by atoms with Crippen molar-refractivity contribution in [3.05, 3.63) is 95.7 Å². The maximum Gasteiger partial charge on any atom is 0.356 e. The summed E-state index contributed by atoms with van der Waals surface area (Å²) < 4.78 is 22.6. The number of hydrogen-bond acceptors (Lipinski definition) is 6.